The van der Waals surface area contributed by atoms with Crippen LogP contribution in [0.15, 0.2) is 34.6 Å². The zero-order valence-corrected chi connectivity index (χ0v) is 19.7. The SMILES string of the molecule is CC.Cc1cc(Cl)cc(Sc2nc3c(N)ncnc3n2CCCNC(C)(C)C)c1. The molecular weight excluding hydrogens is 404 g/mol. The average Bonchev–Trinajstić information content (AvgIpc) is 2.97. The number of hydrogen-bond donors (Lipinski definition) is 2. The Kier molecular flexibility index (Phi) is 8.31. The summed E-state index contributed by atoms with van der Waals surface area (Å²) in [5.41, 5.74) is 8.64. The second-order valence-corrected chi connectivity index (χ2v) is 9.05. The van der Waals surface area contributed by atoms with Gasteiger partial charge in [-0.3, -0.25) is 0 Å². The van der Waals surface area contributed by atoms with Crippen molar-refractivity contribution in [3.63, 3.8) is 0 Å². The van der Waals surface area contributed by atoms with Gasteiger partial charge < -0.3 is 15.6 Å². The number of aromatic nitrogens is 4. The molecule has 0 radical (unpaired) electrons. The summed E-state index contributed by atoms with van der Waals surface area (Å²) in [5.74, 6) is 0.399. The minimum atomic E-state index is 0.0967. The van der Waals surface area contributed by atoms with Gasteiger partial charge in [0.15, 0.2) is 22.1 Å². The van der Waals surface area contributed by atoms with E-state index in [9.17, 15) is 0 Å². The van der Waals surface area contributed by atoms with Gasteiger partial charge in [0.05, 0.1) is 0 Å². The van der Waals surface area contributed by atoms with E-state index in [4.69, 9.17) is 22.3 Å². The maximum absolute atomic E-state index is 6.21. The fraction of sp³-hybridized carbons (Fsp3) is 0.476. The third-order valence-corrected chi connectivity index (χ3v) is 5.15. The lowest BCUT2D eigenvalue weighted by Crippen LogP contribution is -2.36. The first-order valence-electron chi connectivity index (χ1n) is 9.90. The summed E-state index contributed by atoms with van der Waals surface area (Å²) in [4.78, 5) is 14.2. The molecule has 0 bridgehead atoms. The molecule has 2 aromatic heterocycles. The van der Waals surface area contributed by atoms with Gasteiger partial charge in [-0.2, -0.15) is 0 Å². The highest BCUT2D eigenvalue weighted by molar-refractivity contribution is 7.99. The fourth-order valence-corrected chi connectivity index (χ4v) is 4.20. The van der Waals surface area contributed by atoms with Crippen LogP contribution in [0, 0.1) is 6.92 Å². The maximum atomic E-state index is 6.21. The third kappa shape index (κ3) is 6.59. The van der Waals surface area contributed by atoms with E-state index in [1.807, 2.05) is 32.9 Å². The van der Waals surface area contributed by atoms with Gasteiger partial charge in [-0.25, -0.2) is 15.0 Å². The van der Waals surface area contributed by atoms with Gasteiger partial charge in [0.2, 0.25) is 0 Å². The molecule has 0 amide bonds. The van der Waals surface area contributed by atoms with Crippen molar-refractivity contribution in [2.45, 2.75) is 70.1 Å². The molecule has 3 rings (SSSR count). The van der Waals surface area contributed by atoms with E-state index in [1.165, 1.54) is 6.33 Å². The van der Waals surface area contributed by atoms with Crippen molar-refractivity contribution < 1.29 is 0 Å². The van der Waals surface area contributed by atoms with E-state index in [0.29, 0.717) is 16.4 Å². The quantitative estimate of drug-likeness (QED) is 0.510. The first-order chi connectivity index (χ1) is 13.7. The largest absolute Gasteiger partial charge is 0.382 e. The minimum Gasteiger partial charge on any atom is -0.382 e. The van der Waals surface area contributed by atoms with Gasteiger partial charge >= 0.3 is 0 Å². The van der Waals surface area contributed by atoms with E-state index < -0.39 is 0 Å². The van der Waals surface area contributed by atoms with Crippen molar-refractivity contribution in [3.8, 4) is 0 Å². The molecule has 1 aromatic carbocycles. The monoisotopic (exact) mass is 434 g/mol. The number of benzene rings is 1. The minimum absolute atomic E-state index is 0.0967. The van der Waals surface area contributed by atoms with Crippen LogP contribution >= 0.6 is 23.4 Å². The molecular formula is C21H31ClN6S. The molecule has 3 aromatic rings. The molecule has 0 spiro atoms. The summed E-state index contributed by atoms with van der Waals surface area (Å²) in [6, 6.07) is 5.98. The third-order valence-electron chi connectivity index (χ3n) is 3.96. The zero-order chi connectivity index (χ0) is 21.6. The number of halogens is 1. The molecule has 0 atom stereocenters. The Bertz CT molecular complexity index is 928. The predicted molar refractivity (Wildman–Crippen MR) is 124 cm³/mol. The Morgan fingerprint density at radius 3 is 2.55 bits per heavy atom. The van der Waals surface area contributed by atoms with Crippen LogP contribution in [0.1, 0.15) is 46.6 Å². The summed E-state index contributed by atoms with van der Waals surface area (Å²) in [6.45, 7) is 14.2. The lowest BCUT2D eigenvalue weighted by atomic mass is 10.1. The predicted octanol–water partition coefficient (Wildman–Crippen LogP) is 5.33. The smallest absolute Gasteiger partial charge is 0.175 e. The standard InChI is InChI=1S/C19H25ClN6S.C2H6/c1-12-8-13(20)10-14(9-12)27-18-25-15-16(21)22-11-23-17(15)26(18)7-5-6-24-19(2,3)4;1-2/h8-11,24H,5-7H2,1-4H3,(H2,21,22,23);1-2H3. The Balaban J connectivity index is 0.00000145. The van der Waals surface area contributed by atoms with Crippen LogP contribution in [0.4, 0.5) is 5.82 Å². The number of anilines is 1. The van der Waals surface area contributed by atoms with Crippen LogP contribution in [-0.2, 0) is 6.54 Å². The number of hydrogen-bond acceptors (Lipinski definition) is 6. The summed E-state index contributed by atoms with van der Waals surface area (Å²) < 4.78 is 2.11. The fourth-order valence-electron chi connectivity index (χ4n) is 2.78. The Labute approximate surface area is 182 Å². The van der Waals surface area contributed by atoms with Crippen molar-refractivity contribution in [2.75, 3.05) is 12.3 Å². The average molecular weight is 435 g/mol. The molecule has 0 saturated carbocycles. The second-order valence-electron chi connectivity index (χ2n) is 7.57. The van der Waals surface area contributed by atoms with E-state index in [2.05, 4.69) is 46.7 Å². The molecule has 8 heteroatoms. The molecule has 6 nitrogen and oxygen atoms in total. The number of rotatable bonds is 6. The van der Waals surface area contributed by atoms with Crippen molar-refractivity contribution in [1.82, 2.24) is 24.8 Å². The molecule has 0 aliphatic carbocycles. The molecule has 0 saturated heterocycles. The van der Waals surface area contributed by atoms with Crippen LogP contribution < -0.4 is 11.1 Å². The summed E-state index contributed by atoms with van der Waals surface area (Å²) in [5, 5.41) is 5.07. The summed E-state index contributed by atoms with van der Waals surface area (Å²) in [6.07, 6.45) is 2.44. The number of fused-ring (bicyclic) bond motifs is 1. The molecule has 158 valence electrons. The molecule has 2 heterocycles. The van der Waals surface area contributed by atoms with Gasteiger partial charge in [-0.1, -0.05) is 37.2 Å². The summed E-state index contributed by atoms with van der Waals surface area (Å²) >= 11 is 7.78. The van der Waals surface area contributed by atoms with Crippen LogP contribution in [0.3, 0.4) is 0 Å². The van der Waals surface area contributed by atoms with Gasteiger partial charge in [-0.05, 0) is 64.4 Å². The van der Waals surface area contributed by atoms with E-state index >= 15 is 0 Å². The van der Waals surface area contributed by atoms with Crippen molar-refractivity contribution in [3.05, 3.63) is 35.1 Å². The maximum Gasteiger partial charge on any atom is 0.175 e. The number of nitrogens with two attached hydrogens (primary N) is 1. The molecule has 0 aliphatic rings. The van der Waals surface area contributed by atoms with Crippen LogP contribution in [0.2, 0.25) is 5.02 Å². The lowest BCUT2D eigenvalue weighted by molar-refractivity contribution is 0.412. The van der Waals surface area contributed by atoms with Crippen LogP contribution in [-0.4, -0.2) is 31.6 Å². The Hall–Kier alpha value is -1.83. The highest BCUT2D eigenvalue weighted by atomic mass is 35.5. The number of imidazole rings is 1. The lowest BCUT2D eigenvalue weighted by Gasteiger charge is -2.20. The van der Waals surface area contributed by atoms with E-state index in [-0.39, 0.29) is 5.54 Å². The van der Waals surface area contributed by atoms with E-state index in [1.54, 1.807) is 11.8 Å². The number of aryl methyl sites for hydroxylation is 2. The second kappa shape index (κ2) is 10.3. The summed E-state index contributed by atoms with van der Waals surface area (Å²) in [7, 11) is 0. The van der Waals surface area contributed by atoms with Crippen molar-refractivity contribution >= 4 is 40.3 Å². The molecule has 0 fully saturated rings. The van der Waals surface area contributed by atoms with Gasteiger partial charge in [0.25, 0.3) is 0 Å². The molecule has 0 aliphatic heterocycles. The number of nitrogen functional groups attached to an aromatic ring is 1. The zero-order valence-electron chi connectivity index (χ0n) is 18.1. The van der Waals surface area contributed by atoms with Crippen molar-refractivity contribution in [2.24, 2.45) is 0 Å². The molecule has 0 unspecified atom stereocenters. The highest BCUT2D eigenvalue weighted by Gasteiger charge is 2.16. The first kappa shape index (κ1) is 23.4. The first-order valence-corrected chi connectivity index (χ1v) is 11.1. The Morgan fingerprint density at radius 2 is 1.90 bits per heavy atom. The van der Waals surface area contributed by atoms with E-state index in [0.717, 1.165) is 40.8 Å². The van der Waals surface area contributed by atoms with Gasteiger partial charge in [0, 0.05) is 22.0 Å². The Morgan fingerprint density at radius 1 is 1.17 bits per heavy atom. The topological polar surface area (TPSA) is 81.7 Å². The van der Waals surface area contributed by atoms with Crippen molar-refractivity contribution in [1.29, 1.82) is 0 Å². The number of nitrogens with zero attached hydrogens (tertiary/aromatic N) is 4. The van der Waals surface area contributed by atoms with Gasteiger partial charge in [0.1, 0.15) is 6.33 Å². The van der Waals surface area contributed by atoms with Crippen LogP contribution in [0.25, 0.3) is 11.2 Å². The molecule has 3 N–H and O–H groups in total. The normalized spacial score (nSPS) is 11.4. The molecule has 29 heavy (non-hydrogen) atoms. The highest BCUT2D eigenvalue weighted by Crippen LogP contribution is 2.32. The number of nitrogens with one attached hydrogen (secondary N) is 1. The van der Waals surface area contributed by atoms with Crippen LogP contribution in [0.5, 0.6) is 0 Å². The van der Waals surface area contributed by atoms with Gasteiger partial charge in [-0.15, -0.1) is 0 Å².